The van der Waals surface area contributed by atoms with E-state index in [9.17, 15) is 5.26 Å². The third kappa shape index (κ3) is 3.25. The lowest BCUT2D eigenvalue weighted by Gasteiger charge is -2.39. The summed E-state index contributed by atoms with van der Waals surface area (Å²) in [5.41, 5.74) is 1.96. The number of likely N-dealkylation sites (tertiary alicyclic amines) is 1. The van der Waals surface area contributed by atoms with Crippen LogP contribution in [0.25, 0.3) is 0 Å². The average Bonchev–Trinajstić information content (AvgIpc) is 3.10. The van der Waals surface area contributed by atoms with Crippen LogP contribution in [0.1, 0.15) is 24.0 Å². The second-order valence-corrected chi connectivity index (χ2v) is 7.16. The van der Waals surface area contributed by atoms with Gasteiger partial charge in [-0.05, 0) is 55.1 Å². The van der Waals surface area contributed by atoms with Gasteiger partial charge in [0.2, 0.25) is 0 Å². The van der Waals surface area contributed by atoms with Crippen LogP contribution in [0.5, 0.6) is 5.75 Å². The Bertz CT molecular complexity index is 816. The second-order valence-electron chi connectivity index (χ2n) is 7.16. The van der Waals surface area contributed by atoms with Crippen molar-refractivity contribution in [1.29, 1.82) is 5.26 Å². The lowest BCUT2D eigenvalue weighted by atomic mass is 9.92. The number of ether oxygens (including phenoxy) is 1. The van der Waals surface area contributed by atoms with Crippen LogP contribution in [0.15, 0.2) is 42.6 Å². The molecule has 2 aromatic rings. The van der Waals surface area contributed by atoms with Gasteiger partial charge in [0.15, 0.2) is 0 Å². The van der Waals surface area contributed by atoms with Crippen molar-refractivity contribution in [1.82, 2.24) is 9.88 Å². The predicted octanol–water partition coefficient (Wildman–Crippen LogP) is 3.06. The fourth-order valence-corrected chi connectivity index (χ4v) is 4.36. The minimum atomic E-state index is 0.517. The number of fused-ring (bicyclic) bond motifs is 1. The van der Waals surface area contributed by atoms with Gasteiger partial charge < -0.3 is 9.64 Å². The van der Waals surface area contributed by atoms with Gasteiger partial charge in [-0.3, -0.25) is 4.90 Å². The Kier molecular flexibility index (Phi) is 4.77. The highest BCUT2D eigenvalue weighted by Gasteiger charge is 2.38. The molecule has 26 heavy (non-hydrogen) atoms. The summed E-state index contributed by atoms with van der Waals surface area (Å²) in [6.45, 7) is 4.01. The van der Waals surface area contributed by atoms with Crippen molar-refractivity contribution in [2.45, 2.75) is 25.4 Å². The number of nitriles is 1. The first-order valence-corrected chi connectivity index (χ1v) is 9.25. The van der Waals surface area contributed by atoms with E-state index in [1.807, 2.05) is 18.2 Å². The molecule has 1 aromatic carbocycles. The van der Waals surface area contributed by atoms with E-state index in [0.717, 1.165) is 43.7 Å². The molecule has 5 nitrogen and oxygen atoms in total. The van der Waals surface area contributed by atoms with Crippen molar-refractivity contribution in [3.8, 4) is 11.8 Å². The molecule has 2 aliphatic rings. The van der Waals surface area contributed by atoms with E-state index in [0.29, 0.717) is 11.6 Å². The molecule has 0 spiro atoms. The minimum Gasteiger partial charge on any atom is -0.497 e. The Labute approximate surface area is 154 Å². The highest BCUT2D eigenvalue weighted by molar-refractivity contribution is 5.54. The zero-order valence-electron chi connectivity index (χ0n) is 15.1. The fraction of sp³-hybridized carbons (Fsp3) is 0.429. The van der Waals surface area contributed by atoms with E-state index in [1.165, 1.54) is 18.4 Å². The van der Waals surface area contributed by atoms with Crippen LogP contribution in [0.2, 0.25) is 0 Å². The van der Waals surface area contributed by atoms with Crippen molar-refractivity contribution in [2.24, 2.45) is 5.92 Å². The first kappa shape index (κ1) is 16.9. The van der Waals surface area contributed by atoms with Gasteiger partial charge in [0.1, 0.15) is 17.6 Å². The molecular formula is C21H24N4O. The van der Waals surface area contributed by atoms with Crippen LogP contribution in [-0.2, 0) is 6.54 Å². The minimum absolute atomic E-state index is 0.517. The highest BCUT2D eigenvalue weighted by atomic mass is 16.5. The summed E-state index contributed by atoms with van der Waals surface area (Å²) in [6.07, 6.45) is 4.21. The Balaban J connectivity index is 1.51. The Hall–Kier alpha value is -2.58. The normalized spacial score (nSPS) is 22.7. The average molecular weight is 348 g/mol. The Morgan fingerprint density at radius 2 is 2.12 bits per heavy atom. The smallest absolute Gasteiger partial charge is 0.146 e. The maximum Gasteiger partial charge on any atom is 0.146 e. The summed E-state index contributed by atoms with van der Waals surface area (Å²) in [4.78, 5) is 9.37. The van der Waals surface area contributed by atoms with Gasteiger partial charge in [-0.15, -0.1) is 0 Å². The van der Waals surface area contributed by atoms with E-state index in [1.54, 1.807) is 13.3 Å². The monoisotopic (exact) mass is 348 g/mol. The van der Waals surface area contributed by atoms with E-state index in [-0.39, 0.29) is 0 Å². The third-order valence-electron chi connectivity index (χ3n) is 5.70. The molecule has 2 fully saturated rings. The summed E-state index contributed by atoms with van der Waals surface area (Å²) < 4.78 is 5.36. The molecule has 2 saturated heterocycles. The van der Waals surface area contributed by atoms with Crippen LogP contribution >= 0.6 is 0 Å². The van der Waals surface area contributed by atoms with Crippen molar-refractivity contribution >= 4 is 5.82 Å². The molecular weight excluding hydrogens is 324 g/mol. The molecule has 2 unspecified atom stereocenters. The molecule has 0 amide bonds. The maximum atomic E-state index is 9.39. The lowest BCUT2D eigenvalue weighted by molar-refractivity contribution is 0.200. The zero-order chi connectivity index (χ0) is 17.9. The summed E-state index contributed by atoms with van der Waals surface area (Å²) in [5, 5.41) is 9.39. The maximum absolute atomic E-state index is 9.39. The van der Waals surface area contributed by atoms with Crippen LogP contribution in [0.3, 0.4) is 0 Å². The number of piperidine rings is 1. The zero-order valence-corrected chi connectivity index (χ0v) is 15.1. The highest BCUT2D eigenvalue weighted by Crippen LogP contribution is 2.34. The number of hydrogen-bond donors (Lipinski definition) is 0. The van der Waals surface area contributed by atoms with Gasteiger partial charge >= 0.3 is 0 Å². The SMILES string of the molecule is COc1cccc(CN2CCC3CCN(c4ncccc4C#N)CC32)c1. The topological polar surface area (TPSA) is 52.4 Å². The number of rotatable bonds is 4. The number of nitrogens with zero attached hydrogens (tertiary/aromatic N) is 4. The molecule has 0 radical (unpaired) electrons. The molecule has 0 bridgehead atoms. The molecule has 2 atom stereocenters. The van der Waals surface area contributed by atoms with Crippen molar-refractivity contribution in [2.75, 3.05) is 31.6 Å². The van der Waals surface area contributed by atoms with Crippen LogP contribution in [-0.4, -0.2) is 42.7 Å². The largest absolute Gasteiger partial charge is 0.497 e. The van der Waals surface area contributed by atoms with Crippen LogP contribution in [0, 0.1) is 17.2 Å². The molecule has 2 aliphatic heterocycles. The first-order valence-electron chi connectivity index (χ1n) is 9.25. The lowest BCUT2D eigenvalue weighted by Crippen LogP contribution is -2.48. The van der Waals surface area contributed by atoms with Crippen LogP contribution < -0.4 is 9.64 Å². The number of aromatic nitrogens is 1. The molecule has 0 saturated carbocycles. The summed E-state index contributed by atoms with van der Waals surface area (Å²) in [5.74, 6) is 2.49. The summed E-state index contributed by atoms with van der Waals surface area (Å²) in [7, 11) is 1.71. The number of anilines is 1. The molecule has 3 heterocycles. The van der Waals surface area contributed by atoms with Crippen molar-refractivity contribution < 1.29 is 4.74 Å². The molecule has 5 heteroatoms. The van der Waals surface area contributed by atoms with Gasteiger partial charge in [0, 0.05) is 31.9 Å². The number of hydrogen-bond acceptors (Lipinski definition) is 5. The quantitative estimate of drug-likeness (QED) is 0.850. The molecule has 0 aliphatic carbocycles. The van der Waals surface area contributed by atoms with Crippen molar-refractivity contribution in [3.63, 3.8) is 0 Å². The van der Waals surface area contributed by atoms with Crippen molar-refractivity contribution in [3.05, 3.63) is 53.7 Å². The Morgan fingerprint density at radius 3 is 2.96 bits per heavy atom. The molecule has 0 N–H and O–H groups in total. The van der Waals surface area contributed by atoms with Gasteiger partial charge in [0.25, 0.3) is 0 Å². The van der Waals surface area contributed by atoms with Gasteiger partial charge in [-0.25, -0.2) is 4.98 Å². The van der Waals surface area contributed by atoms with E-state index < -0.39 is 0 Å². The summed E-state index contributed by atoms with van der Waals surface area (Å²) in [6, 6.07) is 14.8. The van der Waals surface area contributed by atoms with Crippen LogP contribution in [0.4, 0.5) is 5.82 Å². The standard InChI is InChI=1S/C21H24N4O/c1-26-19-6-2-4-16(12-19)14-24-10-7-17-8-11-25(15-20(17)24)21-18(13-22)5-3-9-23-21/h2-6,9,12,17,20H,7-8,10-11,14-15H2,1H3. The second kappa shape index (κ2) is 7.35. The summed E-state index contributed by atoms with van der Waals surface area (Å²) >= 11 is 0. The van der Waals surface area contributed by atoms with Gasteiger partial charge in [-0.1, -0.05) is 12.1 Å². The molecule has 1 aromatic heterocycles. The molecule has 4 rings (SSSR count). The van der Waals surface area contributed by atoms with Gasteiger partial charge in [0.05, 0.1) is 12.7 Å². The van der Waals surface area contributed by atoms with E-state index >= 15 is 0 Å². The predicted molar refractivity (Wildman–Crippen MR) is 101 cm³/mol. The number of benzene rings is 1. The third-order valence-corrected chi connectivity index (χ3v) is 5.70. The molecule has 134 valence electrons. The number of methoxy groups -OCH3 is 1. The van der Waals surface area contributed by atoms with Gasteiger partial charge in [-0.2, -0.15) is 5.26 Å². The Morgan fingerprint density at radius 1 is 1.23 bits per heavy atom. The van der Waals surface area contributed by atoms with E-state index in [2.05, 4.69) is 39.1 Å². The fourth-order valence-electron chi connectivity index (χ4n) is 4.36. The number of pyridine rings is 1. The first-order chi connectivity index (χ1) is 12.8. The van der Waals surface area contributed by atoms with E-state index in [4.69, 9.17) is 4.74 Å².